The van der Waals surface area contributed by atoms with Crippen molar-refractivity contribution in [3.63, 3.8) is 0 Å². The molecule has 240 valence electrons. The number of carbonyl (C=O) groups is 1. The Labute approximate surface area is 259 Å². The number of alkyl halides is 3. The molecular formula is C32H38F3N7O3. The molecule has 4 aliphatic carbocycles. The van der Waals surface area contributed by atoms with E-state index in [0.29, 0.717) is 60.5 Å². The molecule has 1 amide bonds. The van der Waals surface area contributed by atoms with E-state index in [9.17, 15) is 18.0 Å². The highest BCUT2D eigenvalue weighted by Gasteiger charge is 2.54. The van der Waals surface area contributed by atoms with E-state index in [1.165, 1.54) is 6.33 Å². The number of hydrogen-bond acceptors (Lipinski definition) is 8. The lowest BCUT2D eigenvalue weighted by Gasteiger charge is -2.55. The predicted molar refractivity (Wildman–Crippen MR) is 158 cm³/mol. The van der Waals surface area contributed by atoms with Gasteiger partial charge in [0.2, 0.25) is 5.88 Å². The molecule has 4 saturated carbocycles. The maximum Gasteiger partial charge on any atom is 0.434 e. The van der Waals surface area contributed by atoms with Crippen molar-refractivity contribution in [3.8, 4) is 23.0 Å². The lowest BCUT2D eigenvalue weighted by atomic mass is 9.53. The van der Waals surface area contributed by atoms with Crippen molar-refractivity contribution in [2.75, 3.05) is 18.6 Å². The summed E-state index contributed by atoms with van der Waals surface area (Å²) >= 11 is 0. The van der Waals surface area contributed by atoms with E-state index in [1.807, 2.05) is 13.8 Å². The molecule has 0 radical (unpaired) electrons. The van der Waals surface area contributed by atoms with Crippen LogP contribution < -0.4 is 14.4 Å². The van der Waals surface area contributed by atoms with Crippen LogP contribution in [0.1, 0.15) is 108 Å². The average Bonchev–Trinajstić information content (AvgIpc) is 3.75. The molecule has 45 heavy (non-hydrogen) atoms. The Morgan fingerprint density at radius 2 is 1.73 bits per heavy atom. The zero-order chi connectivity index (χ0) is 31.9. The minimum Gasteiger partial charge on any atom is -0.480 e. The average molecular weight is 626 g/mol. The van der Waals surface area contributed by atoms with Crippen LogP contribution in [-0.4, -0.2) is 54.6 Å². The Balaban J connectivity index is 1.21. The first kappa shape index (κ1) is 29.9. The van der Waals surface area contributed by atoms with E-state index in [4.69, 9.17) is 14.5 Å². The van der Waals surface area contributed by atoms with Gasteiger partial charge >= 0.3 is 6.18 Å². The zero-order valence-electron chi connectivity index (χ0n) is 26.2. The molecule has 0 atom stereocenters. The fraction of sp³-hybridized carbons (Fsp3) is 0.625. The third-order valence-electron chi connectivity index (χ3n) is 10.3. The highest BCUT2D eigenvalue weighted by molar-refractivity contribution is 6.01. The molecule has 8 rings (SSSR count). The second-order valence-corrected chi connectivity index (χ2v) is 14.0. The number of carbonyl (C=O) groups excluding carboxylic acids is 1. The summed E-state index contributed by atoms with van der Waals surface area (Å²) in [5.41, 5.74) is -1.12. The normalized spacial score (nSPS) is 25.8. The van der Waals surface area contributed by atoms with Gasteiger partial charge in [-0.3, -0.25) is 9.69 Å². The quantitative estimate of drug-likeness (QED) is 0.296. The van der Waals surface area contributed by atoms with Crippen molar-refractivity contribution in [1.29, 1.82) is 0 Å². The molecule has 5 aliphatic rings. The van der Waals surface area contributed by atoms with Crippen LogP contribution in [0.2, 0.25) is 0 Å². The van der Waals surface area contributed by atoms with Gasteiger partial charge in [-0.05, 0) is 84.5 Å². The summed E-state index contributed by atoms with van der Waals surface area (Å²) in [5.74, 6) is 2.20. The first-order chi connectivity index (χ1) is 21.3. The Bertz CT molecular complexity index is 1640. The van der Waals surface area contributed by atoms with Crippen LogP contribution in [0.4, 0.5) is 19.0 Å². The van der Waals surface area contributed by atoms with Crippen LogP contribution in [0.3, 0.4) is 0 Å². The van der Waals surface area contributed by atoms with Gasteiger partial charge in [-0.25, -0.2) is 24.9 Å². The van der Waals surface area contributed by atoms with Crippen LogP contribution in [-0.2, 0) is 16.4 Å². The summed E-state index contributed by atoms with van der Waals surface area (Å²) in [6, 6.07) is -0.140. The van der Waals surface area contributed by atoms with Gasteiger partial charge in [-0.1, -0.05) is 0 Å². The standard InChI is InChI=1S/C32H38F3N7O3/c1-18(2)41-15-21(32(33,34)35)39-27(41)31-11-8-30(9-12-31,10-13-31)16-42-25-20(45-29(3,4)28(42)43)14-36-24(40-25)22-23(19-6-7-19)37-17-38-26(22)44-5/h14-15,17-19H,6-13,16H2,1-5H3. The Morgan fingerprint density at radius 1 is 1.04 bits per heavy atom. The predicted octanol–water partition coefficient (Wildman–Crippen LogP) is 6.41. The van der Waals surface area contributed by atoms with Crippen LogP contribution in [0, 0.1) is 5.41 Å². The van der Waals surface area contributed by atoms with Crippen molar-refractivity contribution in [2.24, 2.45) is 5.41 Å². The Kier molecular flexibility index (Phi) is 6.73. The van der Waals surface area contributed by atoms with E-state index in [1.54, 1.807) is 36.6 Å². The summed E-state index contributed by atoms with van der Waals surface area (Å²) in [4.78, 5) is 38.3. The van der Waals surface area contributed by atoms with Crippen molar-refractivity contribution < 1.29 is 27.4 Å². The maximum atomic E-state index is 14.0. The zero-order valence-corrected chi connectivity index (χ0v) is 26.2. The lowest BCUT2D eigenvalue weighted by Crippen LogP contribution is -2.58. The van der Waals surface area contributed by atoms with E-state index in [2.05, 4.69) is 19.9 Å². The van der Waals surface area contributed by atoms with Gasteiger partial charge < -0.3 is 14.0 Å². The third-order valence-corrected chi connectivity index (χ3v) is 10.3. The van der Waals surface area contributed by atoms with Crippen molar-refractivity contribution in [3.05, 3.63) is 35.9 Å². The van der Waals surface area contributed by atoms with Crippen molar-refractivity contribution in [1.82, 2.24) is 29.5 Å². The summed E-state index contributed by atoms with van der Waals surface area (Å²) in [6.45, 7) is 7.70. The van der Waals surface area contributed by atoms with Crippen molar-refractivity contribution >= 4 is 11.7 Å². The molecule has 4 fully saturated rings. The van der Waals surface area contributed by atoms with Gasteiger partial charge in [0.25, 0.3) is 5.91 Å². The first-order valence-corrected chi connectivity index (χ1v) is 15.7. The molecule has 4 heterocycles. The number of hydrogen-bond donors (Lipinski definition) is 0. The first-order valence-electron chi connectivity index (χ1n) is 15.7. The second-order valence-electron chi connectivity index (χ2n) is 14.0. The van der Waals surface area contributed by atoms with Crippen LogP contribution in [0.15, 0.2) is 18.7 Å². The van der Waals surface area contributed by atoms with Gasteiger partial charge in [0, 0.05) is 30.1 Å². The van der Waals surface area contributed by atoms with Crippen LogP contribution >= 0.6 is 0 Å². The molecule has 1 aliphatic heterocycles. The molecular weight excluding hydrogens is 587 g/mol. The third kappa shape index (κ3) is 4.93. The van der Waals surface area contributed by atoms with Crippen LogP contribution in [0.25, 0.3) is 11.4 Å². The van der Waals surface area contributed by atoms with Gasteiger partial charge in [0.15, 0.2) is 28.7 Å². The minimum absolute atomic E-state index is 0.140. The summed E-state index contributed by atoms with van der Waals surface area (Å²) in [7, 11) is 1.55. The Hall–Kier alpha value is -3.77. The number of rotatable bonds is 7. The number of methoxy groups -OCH3 is 1. The molecule has 13 heteroatoms. The van der Waals surface area contributed by atoms with E-state index in [0.717, 1.165) is 44.0 Å². The number of amides is 1. The SMILES string of the molecule is COc1ncnc(C2CC2)c1-c1ncc2c(n1)N(CC13CCC(c4nc(C(F)(F)F)cn4C(C)C)(CC1)CC3)C(=O)C(C)(C)O2. The van der Waals surface area contributed by atoms with Crippen LogP contribution in [0.5, 0.6) is 11.6 Å². The topological polar surface area (TPSA) is 108 Å². The molecule has 3 aromatic heterocycles. The number of halogens is 3. The van der Waals surface area contributed by atoms with E-state index >= 15 is 0 Å². The number of anilines is 1. The van der Waals surface area contributed by atoms with E-state index < -0.39 is 22.9 Å². The molecule has 0 unspecified atom stereocenters. The largest absolute Gasteiger partial charge is 0.480 e. The summed E-state index contributed by atoms with van der Waals surface area (Å²) in [5, 5.41) is 0. The lowest BCUT2D eigenvalue weighted by molar-refractivity contribution is -0.141. The highest BCUT2D eigenvalue weighted by atomic mass is 19.4. The van der Waals surface area contributed by atoms with E-state index in [-0.39, 0.29) is 23.3 Å². The second kappa shape index (κ2) is 10.1. The fourth-order valence-corrected chi connectivity index (χ4v) is 7.54. The van der Waals surface area contributed by atoms with Gasteiger partial charge in [-0.2, -0.15) is 13.2 Å². The highest BCUT2D eigenvalue weighted by Crippen LogP contribution is 2.59. The summed E-state index contributed by atoms with van der Waals surface area (Å²) < 4.78 is 54.5. The molecule has 3 aromatic rings. The number of nitrogens with zero attached hydrogens (tertiary/aromatic N) is 7. The Morgan fingerprint density at radius 3 is 2.33 bits per heavy atom. The minimum atomic E-state index is -4.49. The van der Waals surface area contributed by atoms with Gasteiger partial charge in [0.1, 0.15) is 17.7 Å². The molecule has 0 spiro atoms. The molecule has 2 bridgehead atoms. The number of imidazole rings is 1. The number of ether oxygens (including phenoxy) is 2. The molecule has 0 saturated heterocycles. The van der Waals surface area contributed by atoms with Gasteiger partial charge in [-0.15, -0.1) is 0 Å². The smallest absolute Gasteiger partial charge is 0.434 e. The maximum absolute atomic E-state index is 14.0. The summed E-state index contributed by atoms with van der Waals surface area (Å²) in [6.07, 6.45) is 6.22. The monoisotopic (exact) mass is 625 g/mol. The fourth-order valence-electron chi connectivity index (χ4n) is 7.54. The molecule has 10 nitrogen and oxygen atoms in total. The number of aromatic nitrogens is 6. The van der Waals surface area contributed by atoms with Gasteiger partial charge in [0.05, 0.1) is 19.0 Å². The number of fused-ring (bicyclic) bond motifs is 4. The van der Waals surface area contributed by atoms with Crippen molar-refractivity contribution in [2.45, 2.75) is 108 Å². The molecule has 0 aromatic carbocycles. The molecule has 0 N–H and O–H groups in total.